The van der Waals surface area contributed by atoms with Gasteiger partial charge >= 0.3 is 6.09 Å². The van der Waals surface area contributed by atoms with E-state index in [-0.39, 0.29) is 36.7 Å². The van der Waals surface area contributed by atoms with Crippen molar-refractivity contribution >= 4 is 36.0 Å². The molecule has 1 rings (SSSR count). The molecule has 0 aliphatic carbocycles. The number of carbonyl (C=O) groups excluding carboxylic acids is 1. The number of hydrogen-bond acceptors (Lipinski definition) is 3. The standard InChI is InChI=1S/C20H33FN4O2.HI/c1-6-22-18(23-13-7-12-21)24-14-16-8-10-17(11-9-16)15-25(5)19(26)27-20(2,3)4;/h8-11H,6-7,12-15H2,1-5H3,(H2,22,23,24);1H. The third-order valence-corrected chi connectivity index (χ3v) is 3.51. The van der Waals surface area contributed by atoms with Gasteiger partial charge in [-0.25, -0.2) is 9.79 Å². The molecule has 0 fully saturated rings. The summed E-state index contributed by atoms with van der Waals surface area (Å²) in [6.45, 7) is 9.50. The summed E-state index contributed by atoms with van der Waals surface area (Å²) >= 11 is 0. The van der Waals surface area contributed by atoms with E-state index in [2.05, 4.69) is 15.6 Å². The Labute approximate surface area is 185 Å². The summed E-state index contributed by atoms with van der Waals surface area (Å²) < 4.78 is 17.6. The minimum atomic E-state index is -0.504. The lowest BCUT2D eigenvalue weighted by Gasteiger charge is -2.24. The highest BCUT2D eigenvalue weighted by atomic mass is 127. The number of guanidine groups is 1. The number of carbonyl (C=O) groups is 1. The van der Waals surface area contributed by atoms with Gasteiger partial charge in [-0.1, -0.05) is 24.3 Å². The quantitative estimate of drug-likeness (QED) is 0.240. The first-order chi connectivity index (χ1) is 12.7. The lowest BCUT2D eigenvalue weighted by molar-refractivity contribution is 0.0285. The third kappa shape index (κ3) is 11.3. The van der Waals surface area contributed by atoms with Gasteiger partial charge in [0.1, 0.15) is 5.60 Å². The van der Waals surface area contributed by atoms with E-state index < -0.39 is 5.60 Å². The van der Waals surface area contributed by atoms with Gasteiger partial charge in [-0.2, -0.15) is 0 Å². The highest BCUT2D eigenvalue weighted by Gasteiger charge is 2.19. The van der Waals surface area contributed by atoms with Gasteiger partial charge in [0.05, 0.1) is 13.2 Å². The normalized spacial score (nSPS) is 11.4. The van der Waals surface area contributed by atoms with Gasteiger partial charge in [0.2, 0.25) is 0 Å². The molecular formula is C20H34FIN4O2. The van der Waals surface area contributed by atoms with Crippen molar-refractivity contribution < 1.29 is 13.9 Å². The molecule has 0 atom stereocenters. The van der Waals surface area contributed by atoms with Crippen molar-refractivity contribution in [1.29, 1.82) is 0 Å². The van der Waals surface area contributed by atoms with Crippen LogP contribution in [0.4, 0.5) is 9.18 Å². The summed E-state index contributed by atoms with van der Waals surface area (Å²) in [5.74, 6) is 0.680. The molecule has 0 saturated carbocycles. The van der Waals surface area contributed by atoms with Crippen LogP contribution in [-0.2, 0) is 17.8 Å². The molecule has 2 N–H and O–H groups in total. The second kappa shape index (κ2) is 13.6. The predicted octanol–water partition coefficient (Wildman–Crippen LogP) is 4.09. The number of benzene rings is 1. The third-order valence-electron chi connectivity index (χ3n) is 3.51. The number of amides is 1. The van der Waals surface area contributed by atoms with Crippen LogP contribution in [-0.4, -0.2) is 49.4 Å². The Morgan fingerprint density at radius 1 is 1.18 bits per heavy atom. The van der Waals surface area contributed by atoms with Crippen LogP contribution in [0.15, 0.2) is 29.3 Å². The van der Waals surface area contributed by atoms with Crippen LogP contribution < -0.4 is 10.6 Å². The molecule has 0 unspecified atom stereocenters. The predicted molar refractivity (Wildman–Crippen MR) is 123 cm³/mol. The molecule has 0 radical (unpaired) electrons. The number of aliphatic imine (C=N–C) groups is 1. The second-order valence-electron chi connectivity index (χ2n) is 7.32. The van der Waals surface area contributed by atoms with Crippen LogP contribution in [0.25, 0.3) is 0 Å². The fourth-order valence-electron chi connectivity index (χ4n) is 2.21. The summed E-state index contributed by atoms with van der Waals surface area (Å²) in [4.78, 5) is 18.1. The maximum atomic E-state index is 12.2. The summed E-state index contributed by atoms with van der Waals surface area (Å²) in [6.07, 6.45) is 0.121. The van der Waals surface area contributed by atoms with Gasteiger partial charge in [0, 0.05) is 26.7 Å². The number of hydrogen-bond donors (Lipinski definition) is 2. The Hall–Kier alpha value is -1.58. The molecule has 28 heavy (non-hydrogen) atoms. The Morgan fingerprint density at radius 2 is 1.79 bits per heavy atom. The summed E-state index contributed by atoms with van der Waals surface area (Å²) in [7, 11) is 1.72. The molecule has 0 aliphatic heterocycles. The van der Waals surface area contributed by atoms with Gasteiger partial charge < -0.3 is 20.3 Å². The van der Waals surface area contributed by atoms with Crippen molar-refractivity contribution in [3.05, 3.63) is 35.4 Å². The smallest absolute Gasteiger partial charge is 0.410 e. The number of alkyl halides is 1. The zero-order valence-electron chi connectivity index (χ0n) is 17.5. The first-order valence-corrected chi connectivity index (χ1v) is 9.35. The molecule has 160 valence electrons. The molecule has 8 heteroatoms. The van der Waals surface area contributed by atoms with Crippen LogP contribution in [0.1, 0.15) is 45.2 Å². The van der Waals surface area contributed by atoms with Crippen LogP contribution in [0, 0.1) is 0 Å². The van der Waals surface area contributed by atoms with Crippen molar-refractivity contribution in [3.63, 3.8) is 0 Å². The number of halogens is 2. The van der Waals surface area contributed by atoms with Crippen molar-refractivity contribution in [3.8, 4) is 0 Å². The molecule has 1 amide bonds. The highest BCUT2D eigenvalue weighted by Crippen LogP contribution is 2.12. The summed E-state index contributed by atoms with van der Waals surface area (Å²) in [5, 5.41) is 6.24. The molecular weight excluding hydrogens is 474 g/mol. The Bertz CT molecular complexity index is 603. The molecule has 1 aromatic rings. The first kappa shape index (κ1) is 26.4. The minimum absolute atomic E-state index is 0. The first-order valence-electron chi connectivity index (χ1n) is 9.35. The van der Waals surface area contributed by atoms with E-state index in [1.807, 2.05) is 52.0 Å². The average Bonchev–Trinajstić information content (AvgIpc) is 2.59. The van der Waals surface area contributed by atoms with E-state index in [1.54, 1.807) is 11.9 Å². The van der Waals surface area contributed by atoms with Gasteiger partial charge in [-0.15, -0.1) is 24.0 Å². The molecule has 6 nitrogen and oxygen atoms in total. The number of ether oxygens (including phenoxy) is 1. The molecule has 0 saturated heterocycles. The fourth-order valence-corrected chi connectivity index (χ4v) is 2.21. The van der Waals surface area contributed by atoms with Crippen LogP contribution in [0.5, 0.6) is 0 Å². The summed E-state index contributed by atoms with van der Waals surface area (Å²) in [6, 6.07) is 7.95. The Balaban J connectivity index is 0.00000729. The van der Waals surface area contributed by atoms with Crippen LogP contribution in [0.3, 0.4) is 0 Å². The van der Waals surface area contributed by atoms with Crippen molar-refractivity contribution in [2.75, 3.05) is 26.8 Å². The lowest BCUT2D eigenvalue weighted by atomic mass is 10.1. The zero-order chi connectivity index (χ0) is 20.3. The SMILES string of the molecule is CCNC(=NCc1ccc(CN(C)C(=O)OC(C)(C)C)cc1)NCCCF.I. The zero-order valence-corrected chi connectivity index (χ0v) is 19.9. The van der Waals surface area contributed by atoms with E-state index in [4.69, 9.17) is 4.74 Å². The van der Waals surface area contributed by atoms with Gasteiger partial charge in [-0.3, -0.25) is 4.39 Å². The molecule has 0 aromatic heterocycles. The second-order valence-corrected chi connectivity index (χ2v) is 7.32. The van der Waals surface area contributed by atoms with Crippen molar-refractivity contribution in [2.45, 2.75) is 52.8 Å². The maximum absolute atomic E-state index is 12.2. The Morgan fingerprint density at radius 3 is 2.32 bits per heavy atom. The molecule has 0 spiro atoms. The number of nitrogens with one attached hydrogen (secondary N) is 2. The topological polar surface area (TPSA) is 66.0 Å². The monoisotopic (exact) mass is 508 g/mol. The van der Waals surface area contributed by atoms with Gasteiger partial charge in [0.25, 0.3) is 0 Å². The highest BCUT2D eigenvalue weighted by molar-refractivity contribution is 14.0. The molecule has 0 aliphatic rings. The van der Waals surface area contributed by atoms with Crippen LogP contribution >= 0.6 is 24.0 Å². The average molecular weight is 508 g/mol. The van der Waals surface area contributed by atoms with E-state index in [9.17, 15) is 9.18 Å². The minimum Gasteiger partial charge on any atom is -0.444 e. The Kier molecular flexibility index (Phi) is 12.8. The number of rotatable bonds is 8. The maximum Gasteiger partial charge on any atom is 0.410 e. The fraction of sp³-hybridized carbons (Fsp3) is 0.600. The van der Waals surface area contributed by atoms with Gasteiger partial charge in [0.15, 0.2) is 5.96 Å². The molecule has 1 aromatic carbocycles. The van der Waals surface area contributed by atoms with Crippen molar-refractivity contribution in [2.24, 2.45) is 4.99 Å². The van der Waals surface area contributed by atoms with E-state index in [1.165, 1.54) is 0 Å². The molecule has 0 heterocycles. The van der Waals surface area contributed by atoms with E-state index in [0.717, 1.165) is 17.7 Å². The largest absolute Gasteiger partial charge is 0.444 e. The lowest BCUT2D eigenvalue weighted by Crippen LogP contribution is -2.37. The number of nitrogens with zero attached hydrogens (tertiary/aromatic N) is 2. The van der Waals surface area contributed by atoms with Crippen LogP contribution in [0.2, 0.25) is 0 Å². The van der Waals surface area contributed by atoms with E-state index in [0.29, 0.717) is 32.0 Å². The molecule has 0 bridgehead atoms. The van der Waals surface area contributed by atoms with E-state index >= 15 is 0 Å². The summed E-state index contributed by atoms with van der Waals surface area (Å²) in [5.41, 5.74) is 1.57. The van der Waals surface area contributed by atoms with Crippen molar-refractivity contribution in [1.82, 2.24) is 15.5 Å². The van der Waals surface area contributed by atoms with Gasteiger partial charge in [-0.05, 0) is 45.2 Å².